The number of nitrogens with zero attached hydrogens (tertiary/aromatic N) is 2. The van der Waals surface area contributed by atoms with Crippen molar-refractivity contribution in [1.29, 1.82) is 5.26 Å². The van der Waals surface area contributed by atoms with Gasteiger partial charge in [0.1, 0.15) is 28.9 Å². The summed E-state index contributed by atoms with van der Waals surface area (Å²) in [4.78, 5) is 0. The minimum atomic E-state index is -0.539. The van der Waals surface area contributed by atoms with Crippen LogP contribution in [0.5, 0.6) is 23.1 Å². The number of hydrogen-bond acceptors (Lipinski definition) is 7. The SMILES string of the molecule is COc1cc(OC)c([C@H]2C(C#N)=C(N)Oc3n[nH]c(C)c32)c(OC)c1. The highest BCUT2D eigenvalue weighted by Gasteiger charge is 2.38. The van der Waals surface area contributed by atoms with Crippen molar-refractivity contribution in [2.75, 3.05) is 21.3 Å². The average molecular weight is 342 g/mol. The lowest BCUT2D eigenvalue weighted by atomic mass is 9.83. The highest BCUT2D eigenvalue weighted by molar-refractivity contribution is 5.63. The lowest BCUT2D eigenvalue weighted by molar-refractivity contribution is 0.358. The normalized spacial score (nSPS) is 15.9. The molecule has 2 aromatic rings. The predicted octanol–water partition coefficient (Wildman–Crippen LogP) is 1.96. The molecule has 1 aromatic carbocycles. The molecule has 1 aliphatic heterocycles. The van der Waals surface area contributed by atoms with E-state index in [4.69, 9.17) is 24.7 Å². The number of nitrogens with one attached hydrogen (secondary N) is 1. The Bertz CT molecular complexity index is 870. The van der Waals surface area contributed by atoms with Crippen molar-refractivity contribution in [2.24, 2.45) is 5.73 Å². The van der Waals surface area contributed by atoms with Crippen molar-refractivity contribution in [3.63, 3.8) is 0 Å². The highest BCUT2D eigenvalue weighted by atomic mass is 16.5. The molecule has 0 spiro atoms. The van der Waals surface area contributed by atoms with E-state index in [1.807, 2.05) is 6.92 Å². The number of rotatable bonds is 4. The summed E-state index contributed by atoms with van der Waals surface area (Å²) in [6.45, 7) is 1.85. The number of hydrogen-bond donors (Lipinski definition) is 2. The molecule has 3 N–H and O–H groups in total. The Morgan fingerprint density at radius 1 is 1.16 bits per heavy atom. The number of aromatic amines is 1. The molecule has 0 saturated heterocycles. The highest BCUT2D eigenvalue weighted by Crippen LogP contribution is 2.49. The number of benzene rings is 1. The van der Waals surface area contributed by atoms with Crippen molar-refractivity contribution in [3.05, 3.63) is 40.4 Å². The van der Waals surface area contributed by atoms with Crippen molar-refractivity contribution in [3.8, 4) is 29.2 Å². The summed E-state index contributed by atoms with van der Waals surface area (Å²) in [5.74, 6) is 1.39. The Labute approximate surface area is 144 Å². The van der Waals surface area contributed by atoms with Crippen LogP contribution in [-0.2, 0) is 0 Å². The molecule has 130 valence electrons. The van der Waals surface area contributed by atoms with Gasteiger partial charge in [-0.15, -0.1) is 5.10 Å². The first kappa shape index (κ1) is 16.5. The first-order valence-electron chi connectivity index (χ1n) is 7.48. The lowest BCUT2D eigenvalue weighted by Gasteiger charge is -2.26. The van der Waals surface area contributed by atoms with Gasteiger partial charge in [0.15, 0.2) is 0 Å². The van der Waals surface area contributed by atoms with E-state index in [9.17, 15) is 5.26 Å². The van der Waals surface area contributed by atoms with Crippen LogP contribution in [0.3, 0.4) is 0 Å². The molecule has 0 aliphatic carbocycles. The van der Waals surface area contributed by atoms with Gasteiger partial charge in [-0.1, -0.05) is 0 Å². The number of methoxy groups -OCH3 is 3. The molecule has 1 atom stereocenters. The zero-order valence-electron chi connectivity index (χ0n) is 14.3. The molecule has 0 amide bonds. The third-order valence-electron chi connectivity index (χ3n) is 4.17. The van der Waals surface area contributed by atoms with Gasteiger partial charge in [-0.2, -0.15) is 5.26 Å². The van der Waals surface area contributed by atoms with Crippen LogP contribution in [0.4, 0.5) is 0 Å². The van der Waals surface area contributed by atoms with E-state index in [2.05, 4.69) is 16.3 Å². The van der Waals surface area contributed by atoms with Crippen LogP contribution in [0.15, 0.2) is 23.6 Å². The molecule has 0 fully saturated rings. The molecular formula is C17H18N4O4. The van der Waals surface area contributed by atoms with Crippen LogP contribution >= 0.6 is 0 Å². The number of nitrogens with two attached hydrogens (primary N) is 1. The third kappa shape index (κ3) is 2.50. The van der Waals surface area contributed by atoms with Gasteiger partial charge in [-0.25, -0.2) is 0 Å². The standard InChI is InChI=1S/C17H18N4O4/c1-8-13-14(10(7-18)16(19)25-17(13)21-20-8)15-11(23-3)5-9(22-2)6-12(15)24-4/h5-6,14H,19H2,1-4H3,(H,20,21)/t14-/m0/s1. The van der Waals surface area contributed by atoms with Crippen molar-refractivity contribution in [1.82, 2.24) is 10.2 Å². The van der Waals surface area contributed by atoms with Crippen LogP contribution in [0, 0.1) is 18.3 Å². The average Bonchev–Trinajstić information content (AvgIpc) is 2.99. The molecule has 2 heterocycles. The maximum Gasteiger partial charge on any atom is 0.244 e. The van der Waals surface area contributed by atoms with Crippen LogP contribution in [0.25, 0.3) is 0 Å². The predicted molar refractivity (Wildman–Crippen MR) is 88.7 cm³/mol. The van der Waals surface area contributed by atoms with E-state index >= 15 is 0 Å². The molecule has 0 radical (unpaired) electrons. The second-order valence-electron chi connectivity index (χ2n) is 5.44. The molecule has 3 rings (SSSR count). The number of ether oxygens (including phenoxy) is 4. The van der Waals surface area contributed by atoms with Gasteiger partial charge in [0, 0.05) is 29.0 Å². The topological polar surface area (TPSA) is 115 Å². The summed E-state index contributed by atoms with van der Waals surface area (Å²) in [6.07, 6.45) is 0. The van der Waals surface area contributed by atoms with E-state index in [0.29, 0.717) is 34.3 Å². The van der Waals surface area contributed by atoms with Crippen LogP contribution in [0.1, 0.15) is 22.7 Å². The molecular weight excluding hydrogens is 324 g/mol. The van der Waals surface area contributed by atoms with Crippen molar-refractivity contribution < 1.29 is 18.9 Å². The van der Waals surface area contributed by atoms with Crippen molar-refractivity contribution >= 4 is 0 Å². The van der Waals surface area contributed by atoms with Gasteiger partial charge in [0.2, 0.25) is 11.8 Å². The maximum absolute atomic E-state index is 9.67. The van der Waals surface area contributed by atoms with Gasteiger partial charge in [-0.3, -0.25) is 5.10 Å². The van der Waals surface area contributed by atoms with Gasteiger partial charge in [0.05, 0.1) is 27.2 Å². The van der Waals surface area contributed by atoms with E-state index in [1.54, 1.807) is 33.5 Å². The van der Waals surface area contributed by atoms with E-state index in [1.165, 1.54) is 0 Å². The van der Waals surface area contributed by atoms with Crippen LogP contribution in [0.2, 0.25) is 0 Å². The Hall–Kier alpha value is -3.34. The Morgan fingerprint density at radius 3 is 2.32 bits per heavy atom. The van der Waals surface area contributed by atoms with E-state index in [-0.39, 0.29) is 11.5 Å². The number of nitriles is 1. The number of aromatic nitrogens is 2. The van der Waals surface area contributed by atoms with Gasteiger partial charge in [-0.05, 0) is 6.92 Å². The first-order chi connectivity index (χ1) is 12.0. The molecule has 0 bridgehead atoms. The monoisotopic (exact) mass is 342 g/mol. The third-order valence-corrected chi connectivity index (χ3v) is 4.17. The summed E-state index contributed by atoms with van der Waals surface area (Å²) >= 11 is 0. The summed E-state index contributed by atoms with van der Waals surface area (Å²) in [7, 11) is 4.64. The fourth-order valence-corrected chi connectivity index (χ4v) is 3.00. The molecule has 1 aliphatic rings. The molecule has 25 heavy (non-hydrogen) atoms. The molecule has 8 nitrogen and oxygen atoms in total. The zero-order valence-corrected chi connectivity index (χ0v) is 14.3. The number of aryl methyl sites for hydroxylation is 1. The maximum atomic E-state index is 9.67. The van der Waals surface area contributed by atoms with Gasteiger partial charge < -0.3 is 24.7 Å². The van der Waals surface area contributed by atoms with E-state index < -0.39 is 5.92 Å². The minimum absolute atomic E-state index is 0.00595. The fraction of sp³-hybridized carbons (Fsp3) is 0.294. The lowest BCUT2D eigenvalue weighted by Crippen LogP contribution is -2.21. The minimum Gasteiger partial charge on any atom is -0.496 e. The first-order valence-corrected chi connectivity index (χ1v) is 7.48. The fourth-order valence-electron chi connectivity index (χ4n) is 3.00. The smallest absolute Gasteiger partial charge is 0.244 e. The summed E-state index contributed by atoms with van der Waals surface area (Å²) < 4.78 is 21.9. The summed E-state index contributed by atoms with van der Waals surface area (Å²) in [5, 5.41) is 16.7. The Kier molecular flexibility index (Phi) is 4.15. The van der Waals surface area contributed by atoms with Crippen LogP contribution < -0.4 is 24.7 Å². The van der Waals surface area contributed by atoms with Crippen molar-refractivity contribution in [2.45, 2.75) is 12.8 Å². The second kappa shape index (κ2) is 6.28. The quantitative estimate of drug-likeness (QED) is 0.872. The summed E-state index contributed by atoms with van der Waals surface area (Å²) in [5.41, 5.74) is 8.35. The van der Waals surface area contributed by atoms with Gasteiger partial charge in [0.25, 0.3) is 0 Å². The largest absolute Gasteiger partial charge is 0.496 e. The number of H-pyrrole nitrogens is 1. The summed E-state index contributed by atoms with van der Waals surface area (Å²) in [6, 6.07) is 5.60. The molecule has 0 unspecified atom stereocenters. The van der Waals surface area contributed by atoms with E-state index in [0.717, 1.165) is 5.69 Å². The van der Waals surface area contributed by atoms with Crippen LogP contribution in [-0.4, -0.2) is 31.5 Å². The Morgan fingerprint density at radius 2 is 1.80 bits per heavy atom. The number of allylic oxidation sites excluding steroid dienone is 1. The molecule has 0 saturated carbocycles. The molecule has 1 aromatic heterocycles. The zero-order chi connectivity index (χ0) is 18.1. The molecule has 8 heteroatoms. The number of fused-ring (bicyclic) bond motifs is 1. The van der Waals surface area contributed by atoms with Gasteiger partial charge >= 0.3 is 0 Å². The second-order valence-corrected chi connectivity index (χ2v) is 5.44. The Balaban J connectivity index is 2.34.